The van der Waals surface area contributed by atoms with Gasteiger partial charge in [-0.2, -0.15) is 4.98 Å². The standard InChI is InChI=1S/C25H24N6O2S/c1-15-13-16(2)31-24(26-15)29-25(30-31)34-14-18-5-3-4-6-21(18)23(33)28-19-9-7-17(8-10-19)22(32)27-20-11-12-20/h3-10,13,20H,11-12,14H2,1-2H3,(H,27,32)(H,28,33). The van der Waals surface area contributed by atoms with Gasteiger partial charge in [0.25, 0.3) is 17.6 Å². The summed E-state index contributed by atoms with van der Waals surface area (Å²) in [6, 6.07) is 16.7. The highest BCUT2D eigenvalue weighted by Gasteiger charge is 2.23. The molecule has 0 saturated heterocycles. The molecule has 5 rings (SSSR count). The van der Waals surface area contributed by atoms with Crippen molar-refractivity contribution >= 4 is 35.0 Å². The summed E-state index contributed by atoms with van der Waals surface area (Å²) in [5, 5.41) is 11.0. The Hall–Kier alpha value is -3.72. The van der Waals surface area contributed by atoms with Crippen molar-refractivity contribution in [1.82, 2.24) is 24.9 Å². The monoisotopic (exact) mass is 472 g/mol. The molecule has 1 aliphatic carbocycles. The first-order chi connectivity index (χ1) is 16.5. The second-order valence-electron chi connectivity index (χ2n) is 8.37. The molecule has 1 fully saturated rings. The van der Waals surface area contributed by atoms with Crippen LogP contribution >= 0.6 is 11.8 Å². The van der Waals surface area contributed by atoms with Gasteiger partial charge in [0.2, 0.25) is 5.16 Å². The van der Waals surface area contributed by atoms with Crippen molar-refractivity contribution in [2.45, 2.75) is 43.6 Å². The third kappa shape index (κ3) is 4.94. The van der Waals surface area contributed by atoms with E-state index in [9.17, 15) is 9.59 Å². The minimum atomic E-state index is -0.206. The first kappa shape index (κ1) is 22.1. The molecule has 0 aliphatic heterocycles. The highest BCUT2D eigenvalue weighted by atomic mass is 32.2. The molecule has 9 heteroatoms. The van der Waals surface area contributed by atoms with Crippen LogP contribution in [0.1, 0.15) is 50.5 Å². The van der Waals surface area contributed by atoms with Gasteiger partial charge in [-0.05, 0) is 68.7 Å². The maximum atomic E-state index is 13.0. The van der Waals surface area contributed by atoms with E-state index in [0.717, 1.165) is 29.8 Å². The third-order valence-corrected chi connectivity index (χ3v) is 6.42. The lowest BCUT2D eigenvalue weighted by Crippen LogP contribution is -2.25. The Bertz CT molecular complexity index is 1380. The van der Waals surface area contributed by atoms with E-state index in [-0.39, 0.29) is 11.8 Å². The second-order valence-corrected chi connectivity index (χ2v) is 9.31. The second kappa shape index (κ2) is 9.26. The number of rotatable bonds is 7. The molecule has 2 heterocycles. The number of hydrogen-bond donors (Lipinski definition) is 2. The number of amides is 2. The van der Waals surface area contributed by atoms with E-state index in [2.05, 4.69) is 25.7 Å². The van der Waals surface area contributed by atoms with Gasteiger partial charge in [-0.3, -0.25) is 9.59 Å². The summed E-state index contributed by atoms with van der Waals surface area (Å²) in [5.41, 5.74) is 4.55. The minimum Gasteiger partial charge on any atom is -0.349 e. The van der Waals surface area contributed by atoms with Crippen molar-refractivity contribution in [3.05, 3.63) is 82.7 Å². The van der Waals surface area contributed by atoms with Crippen molar-refractivity contribution in [2.75, 3.05) is 5.32 Å². The van der Waals surface area contributed by atoms with Crippen LogP contribution in [0.2, 0.25) is 0 Å². The average molecular weight is 473 g/mol. The molecule has 1 aliphatic rings. The summed E-state index contributed by atoms with van der Waals surface area (Å²) in [6.45, 7) is 3.90. The zero-order valence-electron chi connectivity index (χ0n) is 18.9. The molecule has 172 valence electrons. The highest BCUT2D eigenvalue weighted by molar-refractivity contribution is 7.98. The fraction of sp³-hybridized carbons (Fsp3) is 0.240. The SMILES string of the molecule is Cc1cc(C)n2nc(SCc3ccccc3C(=O)Nc3ccc(C(=O)NC4CC4)cc3)nc2n1. The van der Waals surface area contributed by atoms with Crippen LogP contribution in [-0.4, -0.2) is 37.4 Å². The van der Waals surface area contributed by atoms with E-state index < -0.39 is 0 Å². The van der Waals surface area contributed by atoms with Crippen molar-refractivity contribution in [2.24, 2.45) is 0 Å². The van der Waals surface area contributed by atoms with Gasteiger partial charge in [0, 0.05) is 40.0 Å². The third-order valence-electron chi connectivity index (χ3n) is 5.54. The first-order valence-corrected chi connectivity index (χ1v) is 12.1. The number of carbonyl (C=O) groups is 2. The van der Waals surface area contributed by atoms with Crippen LogP contribution in [0.25, 0.3) is 5.78 Å². The van der Waals surface area contributed by atoms with Gasteiger partial charge in [0.05, 0.1) is 0 Å². The summed E-state index contributed by atoms with van der Waals surface area (Å²) in [4.78, 5) is 34.1. The molecule has 0 radical (unpaired) electrons. The Morgan fingerprint density at radius 2 is 1.79 bits per heavy atom. The summed E-state index contributed by atoms with van der Waals surface area (Å²) in [7, 11) is 0. The molecule has 0 atom stereocenters. The number of fused-ring (bicyclic) bond motifs is 1. The number of anilines is 1. The first-order valence-electron chi connectivity index (χ1n) is 11.1. The van der Waals surface area contributed by atoms with Gasteiger partial charge < -0.3 is 10.6 Å². The van der Waals surface area contributed by atoms with Crippen LogP contribution in [-0.2, 0) is 5.75 Å². The highest BCUT2D eigenvalue weighted by Crippen LogP contribution is 2.24. The van der Waals surface area contributed by atoms with E-state index in [0.29, 0.717) is 39.5 Å². The lowest BCUT2D eigenvalue weighted by atomic mass is 10.1. The number of nitrogens with zero attached hydrogens (tertiary/aromatic N) is 4. The Kier molecular flexibility index (Phi) is 6.02. The van der Waals surface area contributed by atoms with E-state index in [1.807, 2.05) is 38.1 Å². The van der Waals surface area contributed by atoms with Crippen LogP contribution in [0.4, 0.5) is 5.69 Å². The largest absolute Gasteiger partial charge is 0.349 e. The maximum Gasteiger partial charge on any atom is 0.255 e. The molecule has 1 saturated carbocycles. The molecule has 0 spiro atoms. The van der Waals surface area contributed by atoms with Crippen molar-refractivity contribution in [1.29, 1.82) is 0 Å². The molecule has 2 N–H and O–H groups in total. The number of hydrogen-bond acceptors (Lipinski definition) is 6. The number of nitrogens with one attached hydrogen (secondary N) is 2. The molecule has 34 heavy (non-hydrogen) atoms. The number of aromatic nitrogens is 4. The molecule has 2 amide bonds. The fourth-order valence-corrected chi connectivity index (χ4v) is 4.44. The molecule has 2 aromatic carbocycles. The predicted octanol–water partition coefficient (Wildman–Crippen LogP) is 4.18. The van der Waals surface area contributed by atoms with Crippen LogP contribution in [0.15, 0.2) is 59.8 Å². The van der Waals surface area contributed by atoms with Crippen LogP contribution in [0.3, 0.4) is 0 Å². The summed E-state index contributed by atoms with van der Waals surface area (Å²) >= 11 is 1.46. The number of benzene rings is 2. The quantitative estimate of drug-likeness (QED) is 0.392. The van der Waals surface area contributed by atoms with Crippen molar-refractivity contribution < 1.29 is 9.59 Å². The average Bonchev–Trinajstić information content (AvgIpc) is 3.54. The Morgan fingerprint density at radius 1 is 1.03 bits per heavy atom. The van der Waals surface area contributed by atoms with E-state index >= 15 is 0 Å². The Labute approximate surface area is 201 Å². The predicted molar refractivity (Wildman–Crippen MR) is 131 cm³/mol. The number of carbonyl (C=O) groups excluding carboxylic acids is 2. The van der Waals surface area contributed by atoms with Crippen molar-refractivity contribution in [3.8, 4) is 0 Å². The Morgan fingerprint density at radius 3 is 2.56 bits per heavy atom. The van der Waals surface area contributed by atoms with Gasteiger partial charge in [-0.1, -0.05) is 30.0 Å². The van der Waals surface area contributed by atoms with Gasteiger partial charge in [-0.15, -0.1) is 5.10 Å². The normalized spacial score (nSPS) is 13.1. The summed E-state index contributed by atoms with van der Waals surface area (Å²) in [6.07, 6.45) is 2.09. The number of thioether (sulfide) groups is 1. The lowest BCUT2D eigenvalue weighted by molar-refractivity contribution is 0.0950. The molecule has 0 unspecified atom stereocenters. The summed E-state index contributed by atoms with van der Waals surface area (Å²) in [5.74, 6) is 0.824. The van der Waals surface area contributed by atoms with E-state index in [4.69, 9.17) is 0 Å². The van der Waals surface area contributed by atoms with Crippen LogP contribution in [0, 0.1) is 13.8 Å². The smallest absolute Gasteiger partial charge is 0.255 e. The molecule has 0 bridgehead atoms. The topological polar surface area (TPSA) is 101 Å². The van der Waals surface area contributed by atoms with Gasteiger partial charge in [0.1, 0.15) is 0 Å². The lowest BCUT2D eigenvalue weighted by Gasteiger charge is -2.10. The summed E-state index contributed by atoms with van der Waals surface area (Å²) < 4.78 is 1.72. The van der Waals surface area contributed by atoms with Crippen LogP contribution < -0.4 is 10.6 Å². The number of aryl methyl sites for hydroxylation is 2. The van der Waals surface area contributed by atoms with Gasteiger partial charge in [-0.25, -0.2) is 9.50 Å². The van der Waals surface area contributed by atoms with Crippen molar-refractivity contribution in [3.63, 3.8) is 0 Å². The molecule has 4 aromatic rings. The zero-order valence-corrected chi connectivity index (χ0v) is 19.7. The maximum absolute atomic E-state index is 13.0. The molecular formula is C25H24N6O2S. The minimum absolute atomic E-state index is 0.0798. The van der Waals surface area contributed by atoms with E-state index in [1.54, 1.807) is 34.8 Å². The fourth-order valence-electron chi connectivity index (χ4n) is 3.62. The molecule has 2 aromatic heterocycles. The Balaban J connectivity index is 1.26. The van der Waals surface area contributed by atoms with E-state index in [1.165, 1.54) is 11.8 Å². The molecular weight excluding hydrogens is 448 g/mol. The zero-order chi connectivity index (χ0) is 23.7. The molecule has 8 nitrogen and oxygen atoms in total. The van der Waals surface area contributed by atoms with Crippen LogP contribution in [0.5, 0.6) is 0 Å². The van der Waals surface area contributed by atoms with Gasteiger partial charge in [0.15, 0.2) is 0 Å². The van der Waals surface area contributed by atoms with Gasteiger partial charge >= 0.3 is 0 Å².